The second-order valence-corrected chi connectivity index (χ2v) is 8.22. The molecule has 0 unspecified atom stereocenters. The first-order valence-corrected chi connectivity index (χ1v) is 9.96. The van der Waals surface area contributed by atoms with Crippen LogP contribution < -0.4 is 11.1 Å². The summed E-state index contributed by atoms with van der Waals surface area (Å²) in [4.78, 5) is 11.5. The molecule has 3 N–H and O–H groups in total. The highest BCUT2D eigenvalue weighted by Crippen LogP contribution is 2.56. The molecule has 0 radical (unpaired) electrons. The maximum atomic E-state index is 14.5. The van der Waals surface area contributed by atoms with E-state index in [0.717, 1.165) is 30.0 Å². The number of nitrogens with zero attached hydrogens (tertiary/aromatic N) is 2. The molecule has 2 aliphatic heterocycles. The molecular formula is C20H19F3N4OS. The topological polar surface area (TPSA) is 70.7 Å². The quantitative estimate of drug-likeness (QED) is 0.796. The van der Waals surface area contributed by atoms with Crippen molar-refractivity contribution in [2.75, 3.05) is 18.4 Å². The number of thioether (sulfide) groups is 1. The van der Waals surface area contributed by atoms with Gasteiger partial charge < -0.3 is 11.1 Å². The summed E-state index contributed by atoms with van der Waals surface area (Å²) in [6.45, 7) is 2.16. The van der Waals surface area contributed by atoms with Crippen LogP contribution in [-0.4, -0.2) is 29.0 Å². The minimum atomic E-state index is -1.11. The average molecular weight is 420 g/mol. The van der Waals surface area contributed by atoms with E-state index in [1.807, 2.05) is 0 Å². The van der Waals surface area contributed by atoms with Crippen molar-refractivity contribution >= 4 is 28.4 Å². The summed E-state index contributed by atoms with van der Waals surface area (Å²) in [7, 11) is 0. The van der Waals surface area contributed by atoms with Crippen molar-refractivity contribution in [3.05, 3.63) is 65.0 Å². The first-order valence-electron chi connectivity index (χ1n) is 9.14. The zero-order valence-corrected chi connectivity index (χ0v) is 16.4. The van der Waals surface area contributed by atoms with Crippen molar-refractivity contribution in [2.24, 2.45) is 16.8 Å². The van der Waals surface area contributed by atoms with E-state index in [9.17, 15) is 18.0 Å². The third-order valence-electron chi connectivity index (χ3n) is 5.19. The second-order valence-electron chi connectivity index (χ2n) is 7.00. The molecule has 0 saturated heterocycles. The number of hydrogen-bond donors (Lipinski definition) is 2. The molecule has 0 fully saturated rings. The maximum Gasteiger partial charge on any atom is 0.241 e. The Hall–Kier alpha value is -2.52. The molecular weight excluding hydrogens is 401 g/mol. The fraction of sp³-hybridized carbons (Fsp3) is 0.300. The van der Waals surface area contributed by atoms with E-state index in [-0.39, 0.29) is 22.4 Å². The molecule has 0 aromatic heterocycles. The van der Waals surface area contributed by atoms with E-state index < -0.39 is 22.3 Å². The van der Waals surface area contributed by atoms with Gasteiger partial charge in [0.05, 0.1) is 0 Å². The Morgan fingerprint density at radius 1 is 1.28 bits per heavy atom. The highest BCUT2D eigenvalue weighted by molar-refractivity contribution is 8.15. The Labute approximate surface area is 170 Å². The van der Waals surface area contributed by atoms with Crippen LogP contribution in [0.1, 0.15) is 24.5 Å². The third-order valence-corrected chi connectivity index (χ3v) is 6.72. The van der Waals surface area contributed by atoms with Crippen molar-refractivity contribution < 1.29 is 18.0 Å². The molecule has 2 aromatic carbocycles. The fourth-order valence-electron chi connectivity index (χ4n) is 3.93. The van der Waals surface area contributed by atoms with Gasteiger partial charge in [0.25, 0.3) is 0 Å². The van der Waals surface area contributed by atoms with Gasteiger partial charge >= 0.3 is 0 Å². The Bertz CT molecular complexity index is 1020. The molecule has 1 amide bonds. The molecule has 2 aliphatic rings. The van der Waals surface area contributed by atoms with Crippen LogP contribution in [0.5, 0.6) is 0 Å². The average Bonchev–Trinajstić information content (AvgIpc) is 3.08. The number of rotatable bonds is 3. The number of nitrogens with one attached hydrogen (secondary N) is 1. The molecule has 29 heavy (non-hydrogen) atoms. The third kappa shape index (κ3) is 3.18. The number of anilines is 1. The van der Waals surface area contributed by atoms with E-state index in [1.165, 1.54) is 24.1 Å². The summed E-state index contributed by atoms with van der Waals surface area (Å²) in [5.74, 6) is -2.35. The monoisotopic (exact) mass is 420 g/mol. The second kappa shape index (κ2) is 7.38. The Balaban J connectivity index is 1.91. The Morgan fingerprint density at radius 3 is 2.72 bits per heavy atom. The number of carbonyl (C=O) groups is 1. The molecule has 9 heteroatoms. The van der Waals surface area contributed by atoms with Crippen LogP contribution in [0.2, 0.25) is 0 Å². The van der Waals surface area contributed by atoms with Gasteiger partial charge in [0, 0.05) is 36.2 Å². The van der Waals surface area contributed by atoms with Crippen molar-refractivity contribution in [1.29, 1.82) is 0 Å². The zero-order valence-electron chi connectivity index (χ0n) is 15.6. The van der Waals surface area contributed by atoms with E-state index in [0.29, 0.717) is 30.8 Å². The smallest absolute Gasteiger partial charge is 0.241 e. The molecule has 0 bridgehead atoms. The van der Waals surface area contributed by atoms with Gasteiger partial charge in [-0.3, -0.25) is 4.79 Å². The van der Waals surface area contributed by atoms with Crippen LogP contribution in [-0.2, 0) is 9.67 Å². The van der Waals surface area contributed by atoms with E-state index in [4.69, 9.17) is 5.73 Å². The van der Waals surface area contributed by atoms with Crippen molar-refractivity contribution in [1.82, 2.24) is 5.01 Å². The van der Waals surface area contributed by atoms with E-state index >= 15 is 0 Å². The Morgan fingerprint density at radius 2 is 2.00 bits per heavy atom. The van der Waals surface area contributed by atoms with E-state index in [2.05, 4.69) is 10.4 Å². The van der Waals surface area contributed by atoms with Crippen molar-refractivity contribution in [3.63, 3.8) is 0 Å². The molecule has 5 nitrogen and oxygen atoms in total. The van der Waals surface area contributed by atoms with Gasteiger partial charge in [-0.05, 0) is 49.4 Å². The lowest BCUT2D eigenvalue weighted by atomic mass is 9.84. The normalized spacial score (nSPS) is 23.0. The number of hydrazone groups is 1. The largest absolute Gasteiger partial charge is 0.384 e. The summed E-state index contributed by atoms with van der Waals surface area (Å²) in [5, 5.41) is 9.04. The standard InChI is InChI=1S/C20H19F3N4OS/c1-11(28)27-20(29-19(26-27)15-8-13(21)2-4-17(15)23)12(6-7-24)10-25-18-5-3-14(22)9-16(18)20/h2-5,8-9,12,25H,6-7,10,24H2,1H3/t12-,20-/m0/s1. The number of carbonyl (C=O) groups excluding carboxylic acids is 1. The number of amides is 1. The fourth-order valence-corrected chi connectivity index (χ4v) is 5.52. The van der Waals surface area contributed by atoms with Crippen LogP contribution in [0, 0.1) is 23.4 Å². The molecule has 1 spiro atoms. The first kappa shape index (κ1) is 19.8. The predicted octanol–water partition coefficient (Wildman–Crippen LogP) is 3.60. The summed E-state index contributed by atoms with van der Waals surface area (Å²) in [5.41, 5.74) is 6.96. The number of hydrogen-bond acceptors (Lipinski definition) is 5. The number of halogens is 3. The summed E-state index contributed by atoms with van der Waals surface area (Å²) >= 11 is 1.13. The van der Waals surface area contributed by atoms with Crippen LogP contribution in [0.4, 0.5) is 18.9 Å². The molecule has 152 valence electrons. The lowest BCUT2D eigenvalue weighted by Gasteiger charge is -2.46. The van der Waals surface area contributed by atoms with Gasteiger partial charge in [-0.1, -0.05) is 11.8 Å². The van der Waals surface area contributed by atoms with Gasteiger partial charge in [0.15, 0.2) is 0 Å². The Kier molecular flexibility index (Phi) is 5.04. The van der Waals surface area contributed by atoms with Crippen LogP contribution in [0.3, 0.4) is 0 Å². The molecule has 4 rings (SSSR count). The number of nitrogens with two attached hydrogens (primary N) is 1. The minimum absolute atomic E-state index is 0.0406. The van der Waals surface area contributed by atoms with Crippen molar-refractivity contribution in [3.8, 4) is 0 Å². The summed E-state index contributed by atoms with van der Waals surface area (Å²) < 4.78 is 42.4. The molecule has 2 aromatic rings. The van der Waals surface area contributed by atoms with Crippen molar-refractivity contribution in [2.45, 2.75) is 18.2 Å². The predicted molar refractivity (Wildman–Crippen MR) is 107 cm³/mol. The van der Waals surface area contributed by atoms with Crippen LogP contribution in [0.25, 0.3) is 0 Å². The van der Waals surface area contributed by atoms with Gasteiger partial charge in [-0.15, -0.1) is 0 Å². The number of fused-ring (bicyclic) bond motifs is 2. The van der Waals surface area contributed by atoms with Crippen LogP contribution >= 0.6 is 11.8 Å². The van der Waals surface area contributed by atoms with Gasteiger partial charge in [0.1, 0.15) is 27.4 Å². The first-order chi connectivity index (χ1) is 13.9. The molecule has 0 saturated carbocycles. The maximum absolute atomic E-state index is 14.5. The van der Waals surface area contributed by atoms with E-state index in [1.54, 1.807) is 6.07 Å². The highest BCUT2D eigenvalue weighted by atomic mass is 32.2. The van der Waals surface area contributed by atoms with Gasteiger partial charge in [-0.25, -0.2) is 18.2 Å². The lowest BCUT2D eigenvalue weighted by molar-refractivity contribution is -0.133. The molecule has 2 heterocycles. The zero-order chi connectivity index (χ0) is 20.8. The highest BCUT2D eigenvalue weighted by Gasteiger charge is 2.55. The van der Waals surface area contributed by atoms with Gasteiger partial charge in [-0.2, -0.15) is 5.10 Å². The minimum Gasteiger partial charge on any atom is -0.384 e. The van der Waals surface area contributed by atoms with Gasteiger partial charge in [0.2, 0.25) is 5.91 Å². The SMILES string of the molecule is CC(=O)N1N=C(c2cc(F)ccc2F)S[C@@]12c1cc(F)ccc1NC[C@@H]2CCN. The summed E-state index contributed by atoms with van der Waals surface area (Å²) in [6.07, 6.45) is 0.522. The number of benzene rings is 2. The lowest BCUT2D eigenvalue weighted by Crippen LogP contribution is -2.51. The molecule has 0 aliphatic carbocycles. The molecule has 2 atom stereocenters. The van der Waals surface area contributed by atoms with Crippen LogP contribution in [0.15, 0.2) is 41.5 Å². The summed E-state index contributed by atoms with van der Waals surface area (Å²) in [6, 6.07) is 7.37.